The van der Waals surface area contributed by atoms with Gasteiger partial charge in [-0.3, -0.25) is 0 Å². The SMILES string of the molecule is C=CCC[C@@H](N)c1cc(OC)ccc1F.Cl. The molecular formula is C12H17ClFNO. The van der Waals surface area contributed by atoms with Crippen molar-refractivity contribution in [2.45, 2.75) is 18.9 Å². The average molecular weight is 246 g/mol. The van der Waals surface area contributed by atoms with E-state index in [2.05, 4.69) is 6.58 Å². The van der Waals surface area contributed by atoms with Crippen molar-refractivity contribution in [3.63, 3.8) is 0 Å². The van der Waals surface area contributed by atoms with E-state index in [1.807, 2.05) is 0 Å². The molecule has 4 heteroatoms. The predicted molar refractivity (Wildman–Crippen MR) is 66.6 cm³/mol. The van der Waals surface area contributed by atoms with E-state index in [1.54, 1.807) is 25.3 Å². The quantitative estimate of drug-likeness (QED) is 0.809. The molecule has 0 heterocycles. The first kappa shape index (κ1) is 14.9. The maximum absolute atomic E-state index is 13.4. The number of halogens is 2. The fourth-order valence-electron chi connectivity index (χ4n) is 1.39. The van der Waals surface area contributed by atoms with Gasteiger partial charge in [0, 0.05) is 11.6 Å². The van der Waals surface area contributed by atoms with Crippen molar-refractivity contribution in [1.29, 1.82) is 0 Å². The van der Waals surface area contributed by atoms with Crippen molar-refractivity contribution < 1.29 is 9.13 Å². The zero-order valence-electron chi connectivity index (χ0n) is 9.28. The van der Waals surface area contributed by atoms with Crippen LogP contribution in [0.25, 0.3) is 0 Å². The van der Waals surface area contributed by atoms with Crippen LogP contribution in [-0.4, -0.2) is 7.11 Å². The Labute approximate surface area is 102 Å². The summed E-state index contributed by atoms with van der Waals surface area (Å²) in [6, 6.07) is 4.29. The summed E-state index contributed by atoms with van der Waals surface area (Å²) in [6.07, 6.45) is 3.24. The van der Waals surface area contributed by atoms with Crippen LogP contribution >= 0.6 is 12.4 Å². The number of ether oxygens (including phenoxy) is 1. The van der Waals surface area contributed by atoms with Gasteiger partial charge in [0.2, 0.25) is 0 Å². The predicted octanol–water partition coefficient (Wildman–Crippen LogP) is 3.22. The summed E-state index contributed by atoms with van der Waals surface area (Å²) in [6.45, 7) is 3.61. The molecule has 0 saturated heterocycles. The number of benzene rings is 1. The highest BCUT2D eigenvalue weighted by molar-refractivity contribution is 5.85. The number of hydrogen-bond acceptors (Lipinski definition) is 2. The lowest BCUT2D eigenvalue weighted by Gasteiger charge is -2.13. The van der Waals surface area contributed by atoms with Crippen LogP contribution in [0.1, 0.15) is 24.4 Å². The molecule has 0 amide bonds. The molecule has 2 nitrogen and oxygen atoms in total. The van der Waals surface area contributed by atoms with Gasteiger partial charge in [-0.2, -0.15) is 0 Å². The van der Waals surface area contributed by atoms with Gasteiger partial charge >= 0.3 is 0 Å². The normalized spacial score (nSPS) is 11.4. The van der Waals surface area contributed by atoms with Gasteiger partial charge in [0.05, 0.1) is 7.11 Å². The summed E-state index contributed by atoms with van der Waals surface area (Å²) in [7, 11) is 1.55. The maximum atomic E-state index is 13.4. The lowest BCUT2D eigenvalue weighted by atomic mass is 10.0. The Morgan fingerprint density at radius 2 is 2.25 bits per heavy atom. The molecule has 0 fully saturated rings. The van der Waals surface area contributed by atoms with Crippen LogP contribution in [-0.2, 0) is 0 Å². The molecule has 2 N–H and O–H groups in total. The van der Waals surface area contributed by atoms with Crippen LogP contribution in [0.4, 0.5) is 4.39 Å². The van der Waals surface area contributed by atoms with Gasteiger partial charge in [0.25, 0.3) is 0 Å². The van der Waals surface area contributed by atoms with E-state index in [9.17, 15) is 4.39 Å². The maximum Gasteiger partial charge on any atom is 0.128 e. The summed E-state index contributed by atoms with van der Waals surface area (Å²) >= 11 is 0. The van der Waals surface area contributed by atoms with E-state index in [0.717, 1.165) is 6.42 Å². The number of rotatable bonds is 5. The monoisotopic (exact) mass is 245 g/mol. The summed E-state index contributed by atoms with van der Waals surface area (Å²) in [4.78, 5) is 0. The minimum atomic E-state index is -0.307. The molecule has 1 aromatic rings. The second-order valence-electron chi connectivity index (χ2n) is 3.36. The van der Waals surface area contributed by atoms with Crippen LogP contribution in [0.15, 0.2) is 30.9 Å². The molecule has 0 aromatic heterocycles. The number of nitrogens with two attached hydrogens (primary N) is 1. The molecule has 0 saturated carbocycles. The van der Waals surface area contributed by atoms with Crippen LogP contribution < -0.4 is 10.5 Å². The Balaban J connectivity index is 0.00000225. The largest absolute Gasteiger partial charge is 0.497 e. The number of methoxy groups -OCH3 is 1. The van der Waals surface area contributed by atoms with Crippen molar-refractivity contribution in [1.82, 2.24) is 0 Å². The fourth-order valence-corrected chi connectivity index (χ4v) is 1.39. The molecule has 0 aliphatic heterocycles. The fraction of sp³-hybridized carbons (Fsp3) is 0.333. The zero-order valence-corrected chi connectivity index (χ0v) is 10.1. The van der Waals surface area contributed by atoms with Crippen LogP contribution in [0.2, 0.25) is 0 Å². The van der Waals surface area contributed by atoms with Crippen LogP contribution in [0.3, 0.4) is 0 Å². The van der Waals surface area contributed by atoms with E-state index in [1.165, 1.54) is 6.07 Å². The van der Waals surface area contributed by atoms with Crippen LogP contribution in [0.5, 0.6) is 5.75 Å². The van der Waals surface area contributed by atoms with Gasteiger partial charge < -0.3 is 10.5 Å². The van der Waals surface area contributed by atoms with Crippen molar-refractivity contribution in [3.8, 4) is 5.75 Å². The van der Waals surface area contributed by atoms with Gasteiger partial charge in [-0.1, -0.05) is 6.08 Å². The third-order valence-corrected chi connectivity index (χ3v) is 2.28. The molecule has 16 heavy (non-hydrogen) atoms. The summed E-state index contributed by atoms with van der Waals surface area (Å²) in [5, 5.41) is 0. The van der Waals surface area contributed by atoms with Crippen LogP contribution in [0, 0.1) is 5.82 Å². The molecule has 0 aliphatic rings. The van der Waals surface area contributed by atoms with Gasteiger partial charge in [-0.15, -0.1) is 19.0 Å². The van der Waals surface area contributed by atoms with Crippen molar-refractivity contribution >= 4 is 12.4 Å². The third-order valence-electron chi connectivity index (χ3n) is 2.28. The molecule has 1 atom stereocenters. The second kappa shape index (κ2) is 7.25. The lowest BCUT2D eigenvalue weighted by Crippen LogP contribution is -2.11. The highest BCUT2D eigenvalue weighted by Gasteiger charge is 2.11. The third kappa shape index (κ3) is 3.83. The Morgan fingerprint density at radius 3 is 2.81 bits per heavy atom. The molecule has 0 unspecified atom stereocenters. The topological polar surface area (TPSA) is 35.2 Å². The van der Waals surface area contributed by atoms with Crippen molar-refractivity contribution in [2.24, 2.45) is 5.73 Å². The molecule has 1 aromatic carbocycles. The van der Waals surface area contributed by atoms with Gasteiger partial charge in [0.1, 0.15) is 11.6 Å². The van der Waals surface area contributed by atoms with E-state index in [4.69, 9.17) is 10.5 Å². The minimum Gasteiger partial charge on any atom is -0.497 e. The lowest BCUT2D eigenvalue weighted by molar-refractivity contribution is 0.411. The molecule has 90 valence electrons. The summed E-state index contributed by atoms with van der Waals surface area (Å²) in [5.41, 5.74) is 6.36. The van der Waals surface area contributed by atoms with Gasteiger partial charge in [-0.25, -0.2) is 4.39 Å². The molecule has 0 bridgehead atoms. The van der Waals surface area contributed by atoms with Gasteiger partial charge in [0.15, 0.2) is 0 Å². The number of hydrogen-bond donors (Lipinski definition) is 1. The Morgan fingerprint density at radius 1 is 1.56 bits per heavy atom. The molecule has 0 aliphatic carbocycles. The second-order valence-corrected chi connectivity index (χ2v) is 3.36. The molecular weight excluding hydrogens is 229 g/mol. The first-order chi connectivity index (χ1) is 7.19. The summed E-state index contributed by atoms with van der Waals surface area (Å²) in [5.74, 6) is 0.341. The first-order valence-electron chi connectivity index (χ1n) is 4.89. The van der Waals surface area contributed by atoms with E-state index >= 15 is 0 Å². The summed E-state index contributed by atoms with van der Waals surface area (Å²) < 4.78 is 18.4. The highest BCUT2D eigenvalue weighted by atomic mass is 35.5. The van der Waals surface area contributed by atoms with Crippen molar-refractivity contribution in [3.05, 3.63) is 42.2 Å². The van der Waals surface area contributed by atoms with Crippen molar-refractivity contribution in [2.75, 3.05) is 7.11 Å². The van der Waals surface area contributed by atoms with E-state index in [0.29, 0.717) is 17.7 Å². The Bertz CT molecular complexity index is 344. The molecule has 0 spiro atoms. The van der Waals surface area contributed by atoms with E-state index < -0.39 is 0 Å². The van der Waals surface area contributed by atoms with E-state index in [-0.39, 0.29) is 24.3 Å². The highest BCUT2D eigenvalue weighted by Crippen LogP contribution is 2.23. The zero-order chi connectivity index (χ0) is 11.3. The smallest absolute Gasteiger partial charge is 0.128 e. The van der Waals surface area contributed by atoms with Gasteiger partial charge in [-0.05, 0) is 31.0 Å². The average Bonchev–Trinajstić information content (AvgIpc) is 2.26. The Kier molecular flexibility index (Phi) is 6.77. The molecule has 0 radical (unpaired) electrons. The minimum absolute atomic E-state index is 0. The first-order valence-corrected chi connectivity index (χ1v) is 4.89. The molecule has 1 rings (SSSR count). The standard InChI is InChI=1S/C12H16FNO.ClH/c1-3-4-5-12(14)10-8-9(15-2)6-7-11(10)13;/h3,6-8,12H,1,4-5,14H2,2H3;1H/t12-;/m1./s1. The number of allylic oxidation sites excluding steroid dienone is 1. The Hall–Kier alpha value is -1.06.